The van der Waals surface area contributed by atoms with Crippen molar-refractivity contribution in [3.05, 3.63) is 0 Å². The van der Waals surface area contributed by atoms with Crippen LogP contribution in [0.4, 0.5) is 0 Å². The predicted molar refractivity (Wildman–Crippen MR) is 145 cm³/mol. The molecule has 2 atom stereocenters. The highest BCUT2D eigenvalue weighted by molar-refractivity contribution is 5.69. The highest BCUT2D eigenvalue weighted by Gasteiger charge is 2.05. The second-order valence-electron chi connectivity index (χ2n) is 10.2. The van der Waals surface area contributed by atoms with Crippen LogP contribution in [0, 0.1) is 0 Å². The van der Waals surface area contributed by atoms with Crippen LogP contribution in [0.5, 0.6) is 0 Å². The van der Waals surface area contributed by atoms with Gasteiger partial charge in [0.2, 0.25) is 0 Å². The zero-order chi connectivity index (χ0) is 25.1. The fourth-order valence-corrected chi connectivity index (χ4v) is 4.18. The molecule has 4 heteroatoms. The Balaban J connectivity index is 3.13. The molecule has 0 aliphatic carbocycles. The SMILES string of the molecule is CCOC(=O)CCCCCCCCCCCCCCCCCCCCOC(C)COC(C)CC. The van der Waals surface area contributed by atoms with Crippen molar-refractivity contribution in [3.8, 4) is 0 Å². The molecule has 0 N–H and O–H groups in total. The Hall–Kier alpha value is -0.610. The summed E-state index contributed by atoms with van der Waals surface area (Å²) in [4.78, 5) is 11.3. The standard InChI is InChI=1S/C30H60O4/c1-5-28(3)34-27-29(4)33-26-24-22-20-18-16-14-12-10-8-7-9-11-13-15-17-19-21-23-25-30(31)32-6-2/h28-29H,5-27H2,1-4H3. The molecule has 0 amide bonds. The lowest BCUT2D eigenvalue weighted by atomic mass is 10.0. The second kappa shape index (κ2) is 27.0. The fraction of sp³-hybridized carbons (Fsp3) is 0.967. The molecule has 0 aromatic heterocycles. The number of carbonyl (C=O) groups excluding carboxylic acids is 1. The Kier molecular flexibility index (Phi) is 26.5. The van der Waals surface area contributed by atoms with Crippen LogP contribution >= 0.6 is 0 Å². The maximum Gasteiger partial charge on any atom is 0.305 e. The van der Waals surface area contributed by atoms with Crippen molar-refractivity contribution in [2.75, 3.05) is 19.8 Å². The van der Waals surface area contributed by atoms with Crippen molar-refractivity contribution in [2.24, 2.45) is 0 Å². The monoisotopic (exact) mass is 484 g/mol. The van der Waals surface area contributed by atoms with E-state index in [-0.39, 0.29) is 12.1 Å². The van der Waals surface area contributed by atoms with Crippen molar-refractivity contribution < 1.29 is 19.0 Å². The number of unbranched alkanes of at least 4 members (excludes halogenated alkanes) is 17. The first-order valence-corrected chi connectivity index (χ1v) is 15.0. The summed E-state index contributed by atoms with van der Waals surface area (Å²) in [7, 11) is 0. The average Bonchev–Trinajstić information content (AvgIpc) is 2.83. The number of ether oxygens (including phenoxy) is 3. The zero-order valence-electron chi connectivity index (χ0n) is 23.6. The Morgan fingerprint density at radius 1 is 0.559 bits per heavy atom. The van der Waals surface area contributed by atoms with Crippen molar-refractivity contribution >= 4 is 5.97 Å². The smallest absolute Gasteiger partial charge is 0.305 e. The Labute approximate surface area is 213 Å². The molecule has 0 aromatic rings. The van der Waals surface area contributed by atoms with Crippen LogP contribution in [0.2, 0.25) is 0 Å². The molecular formula is C30H60O4. The van der Waals surface area contributed by atoms with Gasteiger partial charge in [-0.3, -0.25) is 4.79 Å². The molecule has 0 spiro atoms. The van der Waals surface area contributed by atoms with E-state index in [4.69, 9.17) is 14.2 Å². The third-order valence-corrected chi connectivity index (χ3v) is 6.67. The van der Waals surface area contributed by atoms with Gasteiger partial charge in [-0.05, 0) is 40.0 Å². The van der Waals surface area contributed by atoms with E-state index in [0.717, 1.165) is 26.1 Å². The van der Waals surface area contributed by atoms with Gasteiger partial charge in [-0.15, -0.1) is 0 Å². The van der Waals surface area contributed by atoms with Crippen LogP contribution in [-0.4, -0.2) is 38.0 Å². The van der Waals surface area contributed by atoms with Gasteiger partial charge < -0.3 is 14.2 Å². The Morgan fingerprint density at radius 2 is 0.971 bits per heavy atom. The molecule has 2 unspecified atom stereocenters. The van der Waals surface area contributed by atoms with Gasteiger partial charge in [0.05, 0.1) is 25.4 Å². The van der Waals surface area contributed by atoms with Gasteiger partial charge in [0, 0.05) is 13.0 Å². The highest BCUT2D eigenvalue weighted by atomic mass is 16.5. The molecule has 0 bridgehead atoms. The fourth-order valence-electron chi connectivity index (χ4n) is 4.18. The molecule has 0 heterocycles. The number of rotatable bonds is 27. The summed E-state index contributed by atoms with van der Waals surface area (Å²) in [6.45, 7) is 10.4. The maximum atomic E-state index is 11.3. The molecule has 4 nitrogen and oxygen atoms in total. The van der Waals surface area contributed by atoms with Gasteiger partial charge in [-0.2, -0.15) is 0 Å². The van der Waals surface area contributed by atoms with E-state index >= 15 is 0 Å². The first kappa shape index (κ1) is 33.4. The first-order valence-electron chi connectivity index (χ1n) is 15.0. The van der Waals surface area contributed by atoms with Crippen LogP contribution in [0.25, 0.3) is 0 Å². The van der Waals surface area contributed by atoms with Gasteiger partial charge in [-0.25, -0.2) is 0 Å². The van der Waals surface area contributed by atoms with Gasteiger partial charge in [0.15, 0.2) is 0 Å². The summed E-state index contributed by atoms with van der Waals surface area (Å²) >= 11 is 0. The number of hydrogen-bond acceptors (Lipinski definition) is 4. The maximum absolute atomic E-state index is 11.3. The van der Waals surface area contributed by atoms with Crippen LogP contribution < -0.4 is 0 Å². The molecule has 0 aliphatic heterocycles. The summed E-state index contributed by atoms with van der Waals surface area (Å²) in [6, 6.07) is 0. The summed E-state index contributed by atoms with van der Waals surface area (Å²) in [5.74, 6) is -0.0341. The quantitative estimate of drug-likeness (QED) is 0.0861. The number of hydrogen-bond donors (Lipinski definition) is 0. The third-order valence-electron chi connectivity index (χ3n) is 6.67. The van der Waals surface area contributed by atoms with E-state index in [1.54, 1.807) is 0 Å². The third kappa shape index (κ3) is 26.0. The van der Waals surface area contributed by atoms with Crippen molar-refractivity contribution in [1.82, 2.24) is 0 Å². The summed E-state index contributed by atoms with van der Waals surface area (Å²) in [6.07, 6.45) is 26.2. The molecule has 0 saturated carbocycles. The molecule has 0 aliphatic rings. The van der Waals surface area contributed by atoms with Gasteiger partial charge in [-0.1, -0.05) is 110 Å². The minimum absolute atomic E-state index is 0.0341. The molecule has 0 fully saturated rings. The normalized spacial score (nSPS) is 13.2. The van der Waals surface area contributed by atoms with E-state index < -0.39 is 0 Å². The van der Waals surface area contributed by atoms with Crippen molar-refractivity contribution in [2.45, 2.75) is 168 Å². The summed E-state index contributed by atoms with van der Waals surface area (Å²) in [5.41, 5.74) is 0. The predicted octanol–water partition coefficient (Wildman–Crippen LogP) is 9.18. The lowest BCUT2D eigenvalue weighted by Gasteiger charge is -2.16. The van der Waals surface area contributed by atoms with Crippen LogP contribution in [0.1, 0.15) is 156 Å². The van der Waals surface area contributed by atoms with Gasteiger partial charge in [0.25, 0.3) is 0 Å². The van der Waals surface area contributed by atoms with Gasteiger partial charge >= 0.3 is 5.97 Å². The van der Waals surface area contributed by atoms with E-state index in [0.29, 0.717) is 19.1 Å². The minimum Gasteiger partial charge on any atom is -0.466 e. The van der Waals surface area contributed by atoms with E-state index in [1.807, 2.05) is 6.92 Å². The van der Waals surface area contributed by atoms with E-state index in [1.165, 1.54) is 109 Å². The van der Waals surface area contributed by atoms with Gasteiger partial charge in [0.1, 0.15) is 0 Å². The Morgan fingerprint density at radius 3 is 1.38 bits per heavy atom. The highest BCUT2D eigenvalue weighted by Crippen LogP contribution is 2.15. The molecule has 0 saturated heterocycles. The molecule has 0 radical (unpaired) electrons. The summed E-state index contributed by atoms with van der Waals surface area (Å²) in [5, 5.41) is 0. The summed E-state index contributed by atoms with van der Waals surface area (Å²) < 4.78 is 16.5. The van der Waals surface area contributed by atoms with Crippen LogP contribution in [0.15, 0.2) is 0 Å². The molecule has 0 rings (SSSR count). The molecule has 0 aromatic carbocycles. The van der Waals surface area contributed by atoms with E-state index in [9.17, 15) is 4.79 Å². The molecule has 34 heavy (non-hydrogen) atoms. The molecule has 204 valence electrons. The first-order chi connectivity index (χ1) is 16.6. The number of carbonyl (C=O) groups is 1. The molecular weight excluding hydrogens is 424 g/mol. The lowest BCUT2D eigenvalue weighted by molar-refractivity contribution is -0.143. The van der Waals surface area contributed by atoms with Crippen LogP contribution in [0.3, 0.4) is 0 Å². The number of esters is 1. The van der Waals surface area contributed by atoms with Crippen LogP contribution in [-0.2, 0) is 19.0 Å². The zero-order valence-corrected chi connectivity index (χ0v) is 23.6. The van der Waals surface area contributed by atoms with E-state index in [2.05, 4.69) is 20.8 Å². The Bertz CT molecular complexity index is 413. The average molecular weight is 485 g/mol. The largest absolute Gasteiger partial charge is 0.466 e. The topological polar surface area (TPSA) is 44.8 Å². The second-order valence-corrected chi connectivity index (χ2v) is 10.2. The van der Waals surface area contributed by atoms with Crippen molar-refractivity contribution in [3.63, 3.8) is 0 Å². The minimum atomic E-state index is -0.0341. The van der Waals surface area contributed by atoms with Crippen molar-refractivity contribution in [1.29, 1.82) is 0 Å². The lowest BCUT2D eigenvalue weighted by Crippen LogP contribution is -2.20.